The van der Waals surface area contributed by atoms with Gasteiger partial charge in [0.2, 0.25) is 0 Å². The average Bonchev–Trinajstić information content (AvgIpc) is 3.32. The highest BCUT2D eigenvalue weighted by molar-refractivity contribution is 5.73. The molecule has 30 heavy (non-hydrogen) atoms. The van der Waals surface area contributed by atoms with Crippen LogP contribution >= 0.6 is 0 Å². The van der Waals surface area contributed by atoms with E-state index < -0.39 is 0 Å². The topological polar surface area (TPSA) is 6.48 Å². The van der Waals surface area contributed by atoms with E-state index in [2.05, 4.69) is 114 Å². The van der Waals surface area contributed by atoms with Gasteiger partial charge < -0.3 is 0 Å². The highest BCUT2D eigenvalue weighted by atomic mass is 16.1. The average molecular weight is 405 g/mol. The van der Waals surface area contributed by atoms with Crippen molar-refractivity contribution in [2.45, 2.75) is 79.1 Å². The van der Waals surface area contributed by atoms with E-state index >= 15 is 0 Å². The van der Waals surface area contributed by atoms with E-state index in [1.807, 2.05) is 0 Å². The Balaban J connectivity index is 2.14. The minimum absolute atomic E-state index is 0.463. The molecule has 2 aromatic carbocycles. The third-order valence-electron chi connectivity index (χ3n) is 6.75. The molecular formula is C27H38N3+. The van der Waals surface area contributed by atoms with Gasteiger partial charge in [0.05, 0.1) is 12.4 Å². The van der Waals surface area contributed by atoms with E-state index in [0.29, 0.717) is 28.4 Å². The molecule has 1 fully saturated rings. The Morgan fingerprint density at radius 2 is 0.867 bits per heavy atom. The minimum Gasteiger partial charge on any atom is -0.170 e. The number of rotatable bonds is 6. The maximum absolute atomic E-state index is 2.51. The van der Waals surface area contributed by atoms with Crippen LogP contribution in [0.4, 0.5) is 11.4 Å². The Kier molecular flexibility index (Phi) is 5.22. The van der Waals surface area contributed by atoms with E-state index in [0.717, 1.165) is 6.67 Å². The summed E-state index contributed by atoms with van der Waals surface area (Å²) in [5, 5.41) is 5.03. The van der Waals surface area contributed by atoms with Crippen LogP contribution < -0.4 is 4.70 Å². The lowest BCUT2D eigenvalue weighted by Crippen LogP contribution is -2.74. The van der Waals surface area contributed by atoms with Gasteiger partial charge in [-0.3, -0.25) is 0 Å². The minimum atomic E-state index is 0.463. The molecule has 3 aliphatic rings. The second-order valence-electron chi connectivity index (χ2n) is 10.1. The summed E-state index contributed by atoms with van der Waals surface area (Å²) in [7, 11) is 0. The summed E-state index contributed by atoms with van der Waals surface area (Å²) in [5.74, 6) is 1.85. The summed E-state index contributed by atoms with van der Waals surface area (Å²) in [6, 6.07) is 13.9. The quantitative estimate of drug-likeness (QED) is 0.455. The largest absolute Gasteiger partial charge is 0.195 e. The zero-order valence-electron chi connectivity index (χ0n) is 20.0. The van der Waals surface area contributed by atoms with Crippen molar-refractivity contribution in [3.8, 4) is 0 Å². The summed E-state index contributed by atoms with van der Waals surface area (Å²) in [6.07, 6.45) is 4.56. The number of quaternary nitrogens is 1. The lowest BCUT2D eigenvalue weighted by molar-refractivity contribution is -0.183. The Hall–Kier alpha value is -2.26. The highest BCUT2D eigenvalue weighted by Gasteiger charge is 2.61. The van der Waals surface area contributed by atoms with Gasteiger partial charge in [-0.25, -0.2) is 0 Å². The maximum atomic E-state index is 2.51. The Morgan fingerprint density at radius 1 is 0.567 bits per heavy atom. The Bertz CT molecular complexity index is 838. The first-order valence-electron chi connectivity index (χ1n) is 11.6. The third kappa shape index (κ3) is 2.82. The van der Waals surface area contributed by atoms with Crippen molar-refractivity contribution in [2.75, 3.05) is 6.67 Å². The van der Waals surface area contributed by atoms with Crippen LogP contribution in [0.3, 0.4) is 0 Å². The second kappa shape index (κ2) is 7.46. The summed E-state index contributed by atoms with van der Waals surface area (Å²) < 4.78 is 0.698. The number of benzene rings is 2. The molecule has 0 aliphatic carbocycles. The van der Waals surface area contributed by atoms with Crippen molar-refractivity contribution in [2.24, 2.45) is 0 Å². The van der Waals surface area contributed by atoms with Crippen molar-refractivity contribution in [1.29, 1.82) is 0 Å². The van der Waals surface area contributed by atoms with Crippen LogP contribution in [0.1, 0.15) is 101 Å². The standard InChI is InChI=1S/C27H38N3/c1-18(2)22-11-9-12-23(19(3)4)26(22)30(28-15-16-29(30)17-28)27-24(20(5)6)13-10-14-25(27)21(7)8/h9-16,18-21H,17H2,1-8H3/q+1. The molecule has 0 saturated carbocycles. The van der Waals surface area contributed by atoms with Gasteiger partial charge in [-0.15, -0.1) is 0 Å². The second-order valence-corrected chi connectivity index (χ2v) is 10.1. The molecule has 3 nitrogen and oxygen atoms in total. The molecule has 0 radical (unpaired) electrons. The molecule has 160 valence electrons. The molecule has 0 atom stereocenters. The first-order chi connectivity index (χ1) is 14.2. The van der Waals surface area contributed by atoms with Gasteiger partial charge in [-0.05, 0) is 23.7 Å². The molecule has 3 heteroatoms. The van der Waals surface area contributed by atoms with Crippen molar-refractivity contribution in [3.05, 3.63) is 71.1 Å². The lowest BCUT2D eigenvalue weighted by atomic mass is 9.88. The number of hydrogen-bond acceptors (Lipinski definition) is 2. The van der Waals surface area contributed by atoms with Gasteiger partial charge in [0.25, 0.3) is 0 Å². The zero-order chi connectivity index (χ0) is 21.8. The molecule has 0 amide bonds. The molecule has 1 saturated heterocycles. The molecule has 3 heterocycles. The molecule has 0 N–H and O–H groups in total. The smallest absolute Gasteiger partial charge is 0.170 e. The van der Waals surface area contributed by atoms with E-state index in [-0.39, 0.29) is 0 Å². The molecular weight excluding hydrogens is 366 g/mol. The van der Waals surface area contributed by atoms with Crippen LogP contribution in [-0.4, -0.2) is 16.7 Å². The first-order valence-corrected chi connectivity index (χ1v) is 11.6. The van der Waals surface area contributed by atoms with Gasteiger partial charge >= 0.3 is 0 Å². The zero-order valence-corrected chi connectivity index (χ0v) is 20.0. The molecule has 2 bridgehead atoms. The van der Waals surface area contributed by atoms with E-state index in [1.54, 1.807) is 0 Å². The van der Waals surface area contributed by atoms with Gasteiger partial charge in [-0.2, -0.15) is 10.0 Å². The van der Waals surface area contributed by atoms with Crippen LogP contribution in [0.25, 0.3) is 0 Å². The number of para-hydroxylation sites is 2. The van der Waals surface area contributed by atoms with Crippen molar-refractivity contribution < 1.29 is 0 Å². The molecule has 2 aromatic rings. The van der Waals surface area contributed by atoms with Gasteiger partial charge in [0.15, 0.2) is 18.0 Å². The molecule has 0 unspecified atom stereocenters. The van der Waals surface area contributed by atoms with Crippen LogP contribution in [0.15, 0.2) is 48.8 Å². The normalized spacial score (nSPS) is 17.1. The van der Waals surface area contributed by atoms with Gasteiger partial charge in [0, 0.05) is 22.3 Å². The van der Waals surface area contributed by atoms with Crippen molar-refractivity contribution >= 4 is 11.4 Å². The van der Waals surface area contributed by atoms with Crippen molar-refractivity contribution in [1.82, 2.24) is 14.7 Å². The van der Waals surface area contributed by atoms with Crippen molar-refractivity contribution in [3.63, 3.8) is 0 Å². The third-order valence-corrected chi connectivity index (χ3v) is 6.75. The fourth-order valence-electron chi connectivity index (χ4n) is 5.22. The van der Waals surface area contributed by atoms with Crippen LogP contribution in [0.5, 0.6) is 0 Å². The molecule has 0 aromatic heterocycles. The Labute approximate surface area is 183 Å². The number of nitrogens with zero attached hydrogens (tertiary/aromatic N) is 3. The molecule has 0 spiro atoms. The van der Waals surface area contributed by atoms with Gasteiger partial charge in [-0.1, -0.05) is 96.5 Å². The lowest BCUT2D eigenvalue weighted by Gasteiger charge is -2.55. The van der Waals surface area contributed by atoms with Crippen LogP contribution in [0.2, 0.25) is 0 Å². The first kappa shape index (κ1) is 21.0. The van der Waals surface area contributed by atoms with E-state index in [1.165, 1.54) is 33.6 Å². The predicted molar refractivity (Wildman–Crippen MR) is 128 cm³/mol. The predicted octanol–water partition coefficient (Wildman–Crippen LogP) is 7.71. The van der Waals surface area contributed by atoms with Crippen LogP contribution in [0, 0.1) is 0 Å². The Morgan fingerprint density at radius 3 is 1.10 bits per heavy atom. The molecule has 5 rings (SSSR count). The fourth-order valence-corrected chi connectivity index (χ4v) is 5.22. The summed E-state index contributed by atoms with van der Waals surface area (Å²) >= 11 is 0. The van der Waals surface area contributed by atoms with E-state index in [4.69, 9.17) is 0 Å². The fraction of sp³-hybridized carbons (Fsp3) is 0.481. The van der Waals surface area contributed by atoms with Crippen LogP contribution in [-0.2, 0) is 0 Å². The molecule has 3 aliphatic heterocycles. The van der Waals surface area contributed by atoms with E-state index in [9.17, 15) is 0 Å². The monoisotopic (exact) mass is 404 g/mol. The number of hydrogen-bond donors (Lipinski definition) is 0. The SMILES string of the molecule is CC(C)c1cccc(C(C)C)c1[N+]1(c2c(C(C)C)cccc2C(C)C)N2C=CN1C2. The summed E-state index contributed by atoms with van der Waals surface area (Å²) in [6.45, 7) is 19.6. The highest BCUT2D eigenvalue weighted by Crippen LogP contribution is 2.57. The summed E-state index contributed by atoms with van der Waals surface area (Å²) in [5.41, 5.74) is 8.71. The summed E-state index contributed by atoms with van der Waals surface area (Å²) in [4.78, 5) is 0. The maximum Gasteiger partial charge on any atom is 0.195 e. The van der Waals surface area contributed by atoms with Gasteiger partial charge in [0.1, 0.15) is 0 Å².